The molecule has 0 aliphatic rings. The second kappa shape index (κ2) is 7.47. The number of benzene rings is 1. The number of nitrogens with one attached hydrogen (secondary N) is 1. The molecule has 3 nitrogen and oxygen atoms in total. The van der Waals surface area contributed by atoms with E-state index in [1.165, 1.54) is 5.56 Å². The second-order valence-corrected chi connectivity index (χ2v) is 6.57. The van der Waals surface area contributed by atoms with E-state index >= 15 is 0 Å². The van der Waals surface area contributed by atoms with Crippen LogP contribution < -0.4 is 10.1 Å². The van der Waals surface area contributed by atoms with E-state index in [1.807, 2.05) is 32.0 Å². The first-order valence-electron chi connectivity index (χ1n) is 7.72. The van der Waals surface area contributed by atoms with Crippen molar-refractivity contribution in [1.29, 1.82) is 5.26 Å². The Morgan fingerprint density at radius 1 is 1.19 bits per heavy atom. The maximum atomic E-state index is 9.42. The van der Waals surface area contributed by atoms with E-state index < -0.39 is 5.54 Å². The lowest BCUT2D eigenvalue weighted by molar-refractivity contribution is 0.174. The predicted octanol–water partition coefficient (Wildman–Crippen LogP) is 4.25. The van der Waals surface area contributed by atoms with Crippen LogP contribution in [0.2, 0.25) is 0 Å². The van der Waals surface area contributed by atoms with Crippen molar-refractivity contribution in [2.24, 2.45) is 0 Å². The molecule has 0 aliphatic heterocycles. The summed E-state index contributed by atoms with van der Waals surface area (Å²) in [7, 11) is 0. The summed E-state index contributed by atoms with van der Waals surface area (Å²) >= 11 is 0. The van der Waals surface area contributed by atoms with Gasteiger partial charge in [0.2, 0.25) is 0 Å². The average Bonchev–Trinajstić information content (AvgIpc) is 2.37. The van der Waals surface area contributed by atoms with E-state index in [9.17, 15) is 5.26 Å². The largest absolute Gasteiger partial charge is 0.490 e. The molecule has 1 aromatic carbocycles. The molecule has 0 aromatic heterocycles. The van der Waals surface area contributed by atoms with Crippen molar-refractivity contribution < 1.29 is 4.74 Å². The highest BCUT2D eigenvalue weighted by Gasteiger charge is 2.28. The highest BCUT2D eigenvalue weighted by molar-refractivity contribution is 5.35. The van der Waals surface area contributed by atoms with Gasteiger partial charge in [0.1, 0.15) is 11.3 Å². The third-order valence-corrected chi connectivity index (χ3v) is 3.42. The molecule has 0 aliphatic carbocycles. The van der Waals surface area contributed by atoms with Gasteiger partial charge in [0, 0.05) is 12.5 Å². The zero-order valence-electron chi connectivity index (χ0n) is 14.1. The van der Waals surface area contributed by atoms with Crippen molar-refractivity contribution in [3.05, 3.63) is 29.8 Å². The molecule has 116 valence electrons. The highest BCUT2D eigenvalue weighted by Crippen LogP contribution is 2.28. The summed E-state index contributed by atoms with van der Waals surface area (Å²) in [6.45, 7) is 12.4. The molecule has 2 atom stereocenters. The van der Waals surface area contributed by atoms with Gasteiger partial charge >= 0.3 is 0 Å². The van der Waals surface area contributed by atoms with Crippen LogP contribution in [0, 0.1) is 11.3 Å². The molecule has 21 heavy (non-hydrogen) atoms. The van der Waals surface area contributed by atoms with Gasteiger partial charge in [-0.3, -0.25) is 5.32 Å². The summed E-state index contributed by atoms with van der Waals surface area (Å²) in [5.41, 5.74) is 0.639. The smallest absolute Gasteiger partial charge is 0.123 e. The van der Waals surface area contributed by atoms with Crippen molar-refractivity contribution in [3.8, 4) is 11.8 Å². The fraction of sp³-hybridized carbons (Fsp3) is 0.611. The molecule has 0 fully saturated rings. The number of para-hydroxylation sites is 1. The molecule has 1 rings (SSSR count). The highest BCUT2D eigenvalue weighted by atomic mass is 16.5. The van der Waals surface area contributed by atoms with Crippen molar-refractivity contribution >= 4 is 0 Å². The minimum absolute atomic E-state index is 0.0270. The number of hydrogen-bond donors (Lipinski definition) is 1. The standard InChI is InChI=1S/C18H28N2O/c1-13(2)16-9-7-8-10-17(16)21-15(5)11-18(6,12-19)20-14(3)4/h7-10,13-15,20H,11H2,1-6H3. The minimum atomic E-state index is -0.569. The number of nitrogens with zero attached hydrogens (tertiary/aromatic N) is 1. The van der Waals surface area contributed by atoms with Crippen LogP contribution in [0.3, 0.4) is 0 Å². The molecule has 0 saturated heterocycles. The first kappa shape index (κ1) is 17.5. The molecule has 3 heteroatoms. The van der Waals surface area contributed by atoms with Crippen molar-refractivity contribution in [2.75, 3.05) is 0 Å². The van der Waals surface area contributed by atoms with Crippen LogP contribution in [-0.4, -0.2) is 17.7 Å². The normalized spacial score (nSPS) is 15.6. The fourth-order valence-electron chi connectivity index (χ4n) is 2.67. The third-order valence-electron chi connectivity index (χ3n) is 3.42. The Bertz CT molecular complexity index is 490. The summed E-state index contributed by atoms with van der Waals surface area (Å²) in [4.78, 5) is 0. The van der Waals surface area contributed by atoms with E-state index in [1.54, 1.807) is 0 Å². The van der Waals surface area contributed by atoms with Gasteiger partial charge < -0.3 is 4.74 Å². The van der Waals surface area contributed by atoms with Crippen LogP contribution in [-0.2, 0) is 0 Å². The monoisotopic (exact) mass is 288 g/mol. The topological polar surface area (TPSA) is 45.0 Å². The zero-order chi connectivity index (χ0) is 16.0. The summed E-state index contributed by atoms with van der Waals surface area (Å²) in [5.74, 6) is 1.34. The van der Waals surface area contributed by atoms with Gasteiger partial charge in [-0.15, -0.1) is 0 Å². The van der Waals surface area contributed by atoms with Gasteiger partial charge in [-0.1, -0.05) is 32.0 Å². The molecule has 0 saturated carbocycles. The molecular formula is C18H28N2O. The van der Waals surface area contributed by atoms with E-state index in [-0.39, 0.29) is 12.1 Å². The Labute approximate surface area is 129 Å². The molecule has 1 N–H and O–H groups in total. The average molecular weight is 288 g/mol. The maximum Gasteiger partial charge on any atom is 0.123 e. The van der Waals surface area contributed by atoms with Crippen LogP contribution in [0.1, 0.15) is 59.4 Å². The van der Waals surface area contributed by atoms with Gasteiger partial charge in [0.15, 0.2) is 0 Å². The fourth-order valence-corrected chi connectivity index (χ4v) is 2.67. The van der Waals surface area contributed by atoms with Crippen LogP contribution in [0.15, 0.2) is 24.3 Å². The molecule has 0 spiro atoms. The van der Waals surface area contributed by atoms with E-state index in [0.717, 1.165) is 5.75 Å². The van der Waals surface area contributed by atoms with Gasteiger partial charge in [0.25, 0.3) is 0 Å². The SMILES string of the molecule is CC(C)NC(C)(C#N)CC(C)Oc1ccccc1C(C)C. The molecule has 0 heterocycles. The van der Waals surface area contributed by atoms with E-state index in [0.29, 0.717) is 12.3 Å². The molecule has 1 aromatic rings. The number of rotatable bonds is 7. The predicted molar refractivity (Wildman–Crippen MR) is 87.5 cm³/mol. The quantitative estimate of drug-likeness (QED) is 0.816. The molecule has 0 radical (unpaired) electrons. The molecular weight excluding hydrogens is 260 g/mol. The first-order valence-corrected chi connectivity index (χ1v) is 7.72. The number of ether oxygens (including phenoxy) is 1. The van der Waals surface area contributed by atoms with Crippen molar-refractivity contribution in [3.63, 3.8) is 0 Å². The Morgan fingerprint density at radius 2 is 1.81 bits per heavy atom. The van der Waals surface area contributed by atoms with Gasteiger partial charge in [-0.2, -0.15) is 5.26 Å². The summed E-state index contributed by atoms with van der Waals surface area (Å²) in [5, 5.41) is 12.7. The van der Waals surface area contributed by atoms with Crippen LogP contribution in [0.4, 0.5) is 0 Å². The van der Waals surface area contributed by atoms with Gasteiger partial charge in [0.05, 0.1) is 12.2 Å². The minimum Gasteiger partial charge on any atom is -0.490 e. The summed E-state index contributed by atoms with van der Waals surface area (Å²) in [6.07, 6.45) is 0.620. The Balaban J connectivity index is 2.78. The van der Waals surface area contributed by atoms with Crippen LogP contribution in [0.25, 0.3) is 0 Å². The summed E-state index contributed by atoms with van der Waals surface area (Å²) < 4.78 is 6.09. The van der Waals surface area contributed by atoms with Crippen LogP contribution >= 0.6 is 0 Å². The summed E-state index contributed by atoms with van der Waals surface area (Å²) in [6, 6.07) is 10.8. The van der Waals surface area contributed by atoms with Crippen molar-refractivity contribution in [2.45, 2.75) is 71.6 Å². The van der Waals surface area contributed by atoms with Gasteiger partial charge in [-0.05, 0) is 45.2 Å². The number of nitriles is 1. The van der Waals surface area contributed by atoms with Crippen LogP contribution in [0.5, 0.6) is 5.75 Å². The number of hydrogen-bond acceptors (Lipinski definition) is 3. The first-order chi connectivity index (χ1) is 9.77. The molecule has 2 unspecified atom stereocenters. The molecule has 0 amide bonds. The Morgan fingerprint density at radius 3 is 2.33 bits per heavy atom. The van der Waals surface area contributed by atoms with E-state index in [4.69, 9.17) is 4.74 Å². The lowest BCUT2D eigenvalue weighted by atomic mass is 9.95. The van der Waals surface area contributed by atoms with Gasteiger partial charge in [-0.25, -0.2) is 0 Å². The second-order valence-electron chi connectivity index (χ2n) is 6.57. The lowest BCUT2D eigenvalue weighted by Gasteiger charge is -2.29. The molecule has 0 bridgehead atoms. The Kier molecular flexibility index (Phi) is 6.23. The van der Waals surface area contributed by atoms with Crippen molar-refractivity contribution in [1.82, 2.24) is 5.32 Å². The van der Waals surface area contributed by atoms with E-state index in [2.05, 4.69) is 45.1 Å². The third kappa shape index (κ3) is 5.40. The zero-order valence-corrected chi connectivity index (χ0v) is 14.1. The lowest BCUT2D eigenvalue weighted by Crippen LogP contribution is -2.47. The maximum absolute atomic E-state index is 9.42. The Hall–Kier alpha value is -1.53.